The second-order valence-electron chi connectivity index (χ2n) is 1.86. The average molecular weight is 203 g/mol. The highest BCUT2D eigenvalue weighted by atomic mass is 33.1. The first-order chi connectivity index (χ1) is 5.43. The van der Waals surface area contributed by atoms with E-state index in [1.54, 1.807) is 10.8 Å². The zero-order valence-corrected chi connectivity index (χ0v) is 8.46. The van der Waals surface area contributed by atoms with Crippen LogP contribution in [-0.2, 0) is 0 Å². The van der Waals surface area contributed by atoms with Crippen LogP contribution in [0.2, 0.25) is 0 Å². The molecule has 0 aliphatic rings. The van der Waals surface area contributed by atoms with E-state index >= 15 is 0 Å². The highest BCUT2D eigenvalue weighted by Crippen LogP contribution is 2.18. The van der Waals surface area contributed by atoms with Crippen molar-refractivity contribution in [2.24, 2.45) is 0 Å². The van der Waals surface area contributed by atoms with Crippen molar-refractivity contribution in [2.75, 3.05) is 11.5 Å². The second-order valence-corrected chi connectivity index (χ2v) is 4.47. The van der Waals surface area contributed by atoms with E-state index in [1.165, 1.54) is 4.90 Å². The Morgan fingerprint density at radius 2 is 2.00 bits per heavy atom. The predicted octanol–water partition coefficient (Wildman–Crippen LogP) is 2.75. The summed E-state index contributed by atoms with van der Waals surface area (Å²) in [5.74, 6) is 2.19. The predicted molar refractivity (Wildman–Crippen MR) is 56.4 cm³/mol. The molecule has 0 amide bonds. The molecule has 0 aliphatic heterocycles. The first kappa shape index (κ1) is 9.29. The van der Waals surface area contributed by atoms with Gasteiger partial charge in [-0.05, 0) is 12.1 Å². The number of thioether (sulfide) groups is 1. The molecule has 1 heterocycles. The fraction of sp³-hybridized carbons (Fsp3) is 0.286. The maximum absolute atomic E-state index is 4.06. The van der Waals surface area contributed by atoms with Crippen LogP contribution in [0.4, 0.5) is 0 Å². The minimum atomic E-state index is 1.08. The third kappa shape index (κ3) is 3.94. The van der Waals surface area contributed by atoms with Crippen LogP contribution in [0, 0.1) is 0 Å². The SMILES string of the molecule is SSCCSc1ccncc1. The summed E-state index contributed by atoms with van der Waals surface area (Å²) >= 11 is 5.89. The summed E-state index contributed by atoms with van der Waals surface area (Å²) in [6.07, 6.45) is 3.63. The minimum Gasteiger partial charge on any atom is -0.265 e. The van der Waals surface area contributed by atoms with Gasteiger partial charge in [0, 0.05) is 28.8 Å². The van der Waals surface area contributed by atoms with Gasteiger partial charge in [0.05, 0.1) is 0 Å². The molecule has 0 atom stereocenters. The average Bonchev–Trinajstić information content (AvgIpc) is 2.07. The van der Waals surface area contributed by atoms with E-state index in [0.717, 1.165) is 11.5 Å². The van der Waals surface area contributed by atoms with Gasteiger partial charge in [-0.1, -0.05) is 10.8 Å². The van der Waals surface area contributed by atoms with Gasteiger partial charge >= 0.3 is 0 Å². The van der Waals surface area contributed by atoms with E-state index in [0.29, 0.717) is 0 Å². The first-order valence-electron chi connectivity index (χ1n) is 3.22. The smallest absolute Gasteiger partial charge is 0.0278 e. The van der Waals surface area contributed by atoms with E-state index in [2.05, 4.69) is 16.6 Å². The van der Waals surface area contributed by atoms with Crippen LogP contribution in [0.3, 0.4) is 0 Å². The number of hydrogen-bond acceptors (Lipinski definition) is 4. The summed E-state index contributed by atoms with van der Waals surface area (Å²) in [6, 6.07) is 4.04. The highest BCUT2D eigenvalue weighted by molar-refractivity contribution is 8.68. The standard InChI is InChI=1S/C7H9NS3/c9-11-6-5-10-7-1-3-8-4-2-7/h1-4,9H,5-6H2. The molecular formula is C7H9NS3. The summed E-state index contributed by atoms with van der Waals surface area (Å²) in [7, 11) is 1.58. The first-order valence-corrected chi connectivity index (χ1v) is 6.25. The molecule has 0 N–H and O–H groups in total. The summed E-state index contributed by atoms with van der Waals surface area (Å²) in [6.45, 7) is 0. The van der Waals surface area contributed by atoms with Gasteiger partial charge in [-0.15, -0.1) is 23.4 Å². The van der Waals surface area contributed by atoms with Crippen LogP contribution in [-0.4, -0.2) is 16.5 Å². The molecule has 11 heavy (non-hydrogen) atoms. The lowest BCUT2D eigenvalue weighted by molar-refractivity contribution is 1.26. The summed E-state index contributed by atoms with van der Waals surface area (Å²) in [4.78, 5) is 5.22. The minimum absolute atomic E-state index is 1.08. The Labute approximate surface area is 80.2 Å². The fourth-order valence-electron chi connectivity index (χ4n) is 0.631. The highest BCUT2D eigenvalue weighted by Gasteiger charge is 1.90. The van der Waals surface area contributed by atoms with E-state index < -0.39 is 0 Å². The number of rotatable bonds is 4. The molecule has 60 valence electrons. The molecule has 0 saturated carbocycles. The molecular weight excluding hydrogens is 194 g/mol. The van der Waals surface area contributed by atoms with E-state index in [1.807, 2.05) is 36.3 Å². The maximum Gasteiger partial charge on any atom is 0.0278 e. The van der Waals surface area contributed by atoms with Crippen molar-refractivity contribution in [2.45, 2.75) is 4.90 Å². The quantitative estimate of drug-likeness (QED) is 0.350. The topological polar surface area (TPSA) is 12.9 Å². The molecule has 1 aromatic heterocycles. The molecule has 0 aromatic carbocycles. The van der Waals surface area contributed by atoms with Gasteiger partial charge in [0.15, 0.2) is 0 Å². The molecule has 0 aliphatic carbocycles. The summed E-state index contributed by atoms with van der Waals surface area (Å²) in [5.41, 5.74) is 0. The van der Waals surface area contributed by atoms with Crippen molar-refractivity contribution in [1.82, 2.24) is 4.98 Å². The monoisotopic (exact) mass is 203 g/mol. The second kappa shape index (κ2) is 5.80. The van der Waals surface area contributed by atoms with E-state index in [4.69, 9.17) is 0 Å². The van der Waals surface area contributed by atoms with Crippen LogP contribution in [0.15, 0.2) is 29.4 Å². The zero-order valence-electron chi connectivity index (χ0n) is 5.93. The van der Waals surface area contributed by atoms with Gasteiger partial charge in [-0.25, -0.2) is 0 Å². The Balaban J connectivity index is 2.28. The van der Waals surface area contributed by atoms with E-state index in [9.17, 15) is 0 Å². The van der Waals surface area contributed by atoms with Gasteiger partial charge < -0.3 is 0 Å². The lowest BCUT2D eigenvalue weighted by Crippen LogP contribution is -1.80. The van der Waals surface area contributed by atoms with E-state index in [-0.39, 0.29) is 0 Å². The molecule has 0 bridgehead atoms. The molecule has 1 nitrogen and oxygen atoms in total. The Kier molecular flexibility index (Phi) is 4.90. The van der Waals surface area contributed by atoms with Crippen molar-refractivity contribution in [1.29, 1.82) is 0 Å². The van der Waals surface area contributed by atoms with Crippen molar-refractivity contribution in [3.63, 3.8) is 0 Å². The third-order valence-electron chi connectivity index (χ3n) is 1.09. The molecule has 4 heteroatoms. The van der Waals surface area contributed by atoms with Crippen molar-refractivity contribution >= 4 is 34.2 Å². The number of aromatic nitrogens is 1. The van der Waals surface area contributed by atoms with Crippen LogP contribution >= 0.6 is 34.2 Å². The van der Waals surface area contributed by atoms with Gasteiger partial charge in [-0.3, -0.25) is 4.98 Å². The largest absolute Gasteiger partial charge is 0.265 e. The summed E-state index contributed by atoms with van der Waals surface area (Å²) < 4.78 is 0. The van der Waals surface area contributed by atoms with Crippen molar-refractivity contribution in [3.8, 4) is 0 Å². The lowest BCUT2D eigenvalue weighted by atomic mass is 10.5. The van der Waals surface area contributed by atoms with Crippen LogP contribution in [0.1, 0.15) is 0 Å². The molecule has 1 rings (SSSR count). The molecule has 0 radical (unpaired) electrons. The van der Waals surface area contributed by atoms with Crippen LogP contribution in [0.25, 0.3) is 0 Å². The van der Waals surface area contributed by atoms with Crippen molar-refractivity contribution in [3.05, 3.63) is 24.5 Å². The molecule has 0 unspecified atom stereocenters. The Hall–Kier alpha value is 0.200. The Morgan fingerprint density at radius 3 is 2.64 bits per heavy atom. The number of nitrogens with zero attached hydrogens (tertiary/aromatic N) is 1. The van der Waals surface area contributed by atoms with Crippen molar-refractivity contribution < 1.29 is 0 Å². The molecule has 0 fully saturated rings. The van der Waals surface area contributed by atoms with Crippen LogP contribution < -0.4 is 0 Å². The number of thiol groups is 1. The lowest BCUT2D eigenvalue weighted by Gasteiger charge is -1.97. The third-order valence-corrected chi connectivity index (χ3v) is 3.30. The van der Waals surface area contributed by atoms with Gasteiger partial charge in [0.25, 0.3) is 0 Å². The number of hydrogen-bond donors (Lipinski definition) is 1. The maximum atomic E-state index is 4.06. The Morgan fingerprint density at radius 1 is 1.27 bits per heavy atom. The Bertz CT molecular complexity index is 190. The van der Waals surface area contributed by atoms with Gasteiger partial charge in [0.2, 0.25) is 0 Å². The summed E-state index contributed by atoms with van der Waals surface area (Å²) in [5, 5.41) is 0. The molecule has 0 saturated heterocycles. The molecule has 1 aromatic rings. The normalized spacial score (nSPS) is 9.91. The fourth-order valence-corrected chi connectivity index (χ4v) is 2.48. The van der Waals surface area contributed by atoms with Crippen LogP contribution in [0.5, 0.6) is 0 Å². The van der Waals surface area contributed by atoms with Gasteiger partial charge in [0.1, 0.15) is 0 Å². The zero-order chi connectivity index (χ0) is 7.94. The number of pyridine rings is 1. The van der Waals surface area contributed by atoms with Gasteiger partial charge in [-0.2, -0.15) is 0 Å². The molecule has 0 spiro atoms.